The largest absolute Gasteiger partial charge is 0.508 e. The Hall–Kier alpha value is -2.94. The molecular weight excluding hydrogens is 272 g/mol. The highest BCUT2D eigenvalue weighted by Gasteiger charge is 2.05. The molecule has 3 heteroatoms. The van der Waals surface area contributed by atoms with Crippen molar-refractivity contribution in [2.24, 2.45) is 10.2 Å². The summed E-state index contributed by atoms with van der Waals surface area (Å²) in [5, 5.41) is 18.5. The summed E-state index contributed by atoms with van der Waals surface area (Å²) in [4.78, 5) is 0. The number of phenols is 1. The van der Waals surface area contributed by atoms with Gasteiger partial charge in [0.1, 0.15) is 5.75 Å². The molecule has 0 bridgehead atoms. The van der Waals surface area contributed by atoms with Crippen molar-refractivity contribution in [2.75, 3.05) is 0 Å². The van der Waals surface area contributed by atoms with Gasteiger partial charge in [-0.3, -0.25) is 0 Å². The van der Waals surface area contributed by atoms with Gasteiger partial charge in [0.05, 0.1) is 11.4 Å². The molecule has 0 heterocycles. The molecule has 0 aromatic heterocycles. The summed E-state index contributed by atoms with van der Waals surface area (Å²) < 4.78 is 0. The van der Waals surface area contributed by atoms with Gasteiger partial charge in [-0.15, -0.1) is 0 Å². The lowest BCUT2D eigenvalue weighted by atomic mass is 10.0. The van der Waals surface area contributed by atoms with Gasteiger partial charge in [0.25, 0.3) is 0 Å². The van der Waals surface area contributed by atoms with Crippen LogP contribution < -0.4 is 0 Å². The summed E-state index contributed by atoms with van der Waals surface area (Å²) in [6, 6.07) is 24.8. The van der Waals surface area contributed by atoms with E-state index in [-0.39, 0.29) is 0 Å². The molecule has 0 aliphatic heterocycles. The van der Waals surface area contributed by atoms with E-state index in [0.29, 0.717) is 12.2 Å². The molecule has 0 saturated heterocycles. The fourth-order valence-electron chi connectivity index (χ4n) is 2.23. The minimum absolute atomic E-state index is 0.303. The van der Waals surface area contributed by atoms with Gasteiger partial charge in [0.15, 0.2) is 0 Å². The third-order valence-electron chi connectivity index (χ3n) is 3.39. The number of hydrogen-bond acceptors (Lipinski definition) is 3. The number of phenolic OH excluding ortho intramolecular Hbond substituents is 1. The third kappa shape index (κ3) is 3.38. The van der Waals surface area contributed by atoms with Crippen LogP contribution in [0.2, 0.25) is 0 Å². The molecule has 22 heavy (non-hydrogen) atoms. The number of hydrogen-bond donors (Lipinski definition) is 1. The Labute approximate surface area is 129 Å². The van der Waals surface area contributed by atoms with Crippen molar-refractivity contribution in [1.29, 1.82) is 0 Å². The van der Waals surface area contributed by atoms with E-state index in [2.05, 4.69) is 10.2 Å². The molecule has 3 aromatic rings. The van der Waals surface area contributed by atoms with Crippen molar-refractivity contribution >= 4 is 11.4 Å². The van der Waals surface area contributed by atoms with E-state index in [1.54, 1.807) is 6.07 Å². The smallest absolute Gasteiger partial charge is 0.119 e. The average Bonchev–Trinajstić information content (AvgIpc) is 2.57. The Morgan fingerprint density at radius 1 is 0.636 bits per heavy atom. The van der Waals surface area contributed by atoms with Gasteiger partial charge in [-0.1, -0.05) is 54.6 Å². The Kier molecular flexibility index (Phi) is 4.25. The number of nitrogens with zero attached hydrogens (tertiary/aromatic N) is 2. The first-order valence-corrected chi connectivity index (χ1v) is 7.14. The monoisotopic (exact) mass is 288 g/mol. The quantitative estimate of drug-likeness (QED) is 0.642. The minimum Gasteiger partial charge on any atom is -0.508 e. The molecule has 3 rings (SSSR count). The van der Waals surface area contributed by atoms with Crippen molar-refractivity contribution in [1.82, 2.24) is 0 Å². The Bertz CT molecular complexity index is 782. The second-order valence-electron chi connectivity index (χ2n) is 4.97. The first-order chi connectivity index (χ1) is 10.8. The zero-order valence-corrected chi connectivity index (χ0v) is 12.1. The summed E-state index contributed by atoms with van der Waals surface area (Å²) in [7, 11) is 0. The number of para-hydroxylation sites is 1. The second-order valence-corrected chi connectivity index (χ2v) is 4.97. The lowest BCUT2D eigenvalue weighted by Gasteiger charge is -2.06. The maximum absolute atomic E-state index is 9.92. The van der Waals surface area contributed by atoms with Crippen molar-refractivity contribution in [3.05, 3.63) is 90.0 Å². The Balaban J connectivity index is 1.87. The predicted octanol–water partition coefficient (Wildman–Crippen LogP) is 5.40. The van der Waals surface area contributed by atoms with Crippen LogP contribution in [-0.2, 0) is 6.42 Å². The normalized spacial score (nSPS) is 10.9. The predicted molar refractivity (Wildman–Crippen MR) is 88.0 cm³/mol. The van der Waals surface area contributed by atoms with Gasteiger partial charge in [-0.2, -0.15) is 10.2 Å². The molecule has 0 aliphatic carbocycles. The van der Waals surface area contributed by atoms with E-state index >= 15 is 0 Å². The fraction of sp³-hybridized carbons (Fsp3) is 0.0526. The van der Waals surface area contributed by atoms with E-state index in [1.165, 1.54) is 0 Å². The van der Waals surface area contributed by atoms with Crippen LogP contribution in [-0.4, -0.2) is 5.11 Å². The standard InChI is InChI=1S/C19H16N2O/c22-19-13-7-5-9-16(19)14-15-8-4-6-12-18(15)21-20-17-10-2-1-3-11-17/h1-13,22H,14H2. The van der Waals surface area contributed by atoms with E-state index < -0.39 is 0 Å². The highest BCUT2D eigenvalue weighted by molar-refractivity contribution is 5.50. The van der Waals surface area contributed by atoms with Gasteiger partial charge >= 0.3 is 0 Å². The van der Waals surface area contributed by atoms with Crippen molar-refractivity contribution in [3.8, 4) is 5.75 Å². The van der Waals surface area contributed by atoms with Gasteiger partial charge in [-0.05, 0) is 35.4 Å². The van der Waals surface area contributed by atoms with Crippen LogP contribution in [0, 0.1) is 0 Å². The first kappa shape index (κ1) is 14.0. The number of rotatable bonds is 4. The third-order valence-corrected chi connectivity index (χ3v) is 3.39. The first-order valence-electron chi connectivity index (χ1n) is 7.14. The van der Waals surface area contributed by atoms with Crippen LogP contribution in [0.25, 0.3) is 0 Å². The average molecular weight is 288 g/mol. The summed E-state index contributed by atoms with van der Waals surface area (Å²) in [6.07, 6.45) is 0.622. The van der Waals surface area contributed by atoms with Crippen molar-refractivity contribution < 1.29 is 5.11 Å². The van der Waals surface area contributed by atoms with Crippen molar-refractivity contribution in [3.63, 3.8) is 0 Å². The molecule has 0 unspecified atom stereocenters. The summed E-state index contributed by atoms with van der Waals surface area (Å²) >= 11 is 0. The van der Waals surface area contributed by atoms with Crippen LogP contribution in [0.3, 0.4) is 0 Å². The van der Waals surface area contributed by atoms with Crippen molar-refractivity contribution in [2.45, 2.75) is 6.42 Å². The van der Waals surface area contributed by atoms with Crippen LogP contribution in [0.15, 0.2) is 89.1 Å². The molecule has 0 fully saturated rings. The lowest BCUT2D eigenvalue weighted by Crippen LogP contribution is -1.89. The van der Waals surface area contributed by atoms with E-state index in [9.17, 15) is 5.11 Å². The molecule has 0 saturated carbocycles. The van der Waals surface area contributed by atoms with Gasteiger partial charge in [0.2, 0.25) is 0 Å². The summed E-state index contributed by atoms with van der Waals surface area (Å²) in [5.74, 6) is 0.303. The zero-order chi connectivity index (χ0) is 15.2. The van der Waals surface area contributed by atoms with Crippen LogP contribution in [0.1, 0.15) is 11.1 Å². The van der Waals surface area contributed by atoms with Gasteiger partial charge in [0, 0.05) is 6.42 Å². The Morgan fingerprint density at radius 3 is 2.05 bits per heavy atom. The fourth-order valence-corrected chi connectivity index (χ4v) is 2.23. The van der Waals surface area contributed by atoms with Crippen LogP contribution >= 0.6 is 0 Å². The van der Waals surface area contributed by atoms with Gasteiger partial charge in [-0.25, -0.2) is 0 Å². The van der Waals surface area contributed by atoms with Gasteiger partial charge < -0.3 is 5.11 Å². The summed E-state index contributed by atoms with van der Waals surface area (Å²) in [5.41, 5.74) is 3.54. The summed E-state index contributed by atoms with van der Waals surface area (Å²) in [6.45, 7) is 0. The highest BCUT2D eigenvalue weighted by Crippen LogP contribution is 2.27. The maximum atomic E-state index is 9.92. The van der Waals surface area contributed by atoms with Crippen LogP contribution in [0.5, 0.6) is 5.75 Å². The number of benzene rings is 3. The number of aromatic hydroxyl groups is 1. The molecule has 0 aliphatic rings. The molecule has 1 N–H and O–H groups in total. The van der Waals surface area contributed by atoms with Crippen LogP contribution in [0.4, 0.5) is 11.4 Å². The molecule has 3 nitrogen and oxygen atoms in total. The number of azo groups is 1. The second kappa shape index (κ2) is 6.68. The van der Waals surface area contributed by atoms with E-state index in [1.807, 2.05) is 72.8 Å². The van der Waals surface area contributed by atoms with E-state index in [4.69, 9.17) is 0 Å². The molecule has 0 atom stereocenters. The molecule has 108 valence electrons. The molecule has 0 amide bonds. The topological polar surface area (TPSA) is 45.0 Å². The molecular formula is C19H16N2O. The zero-order valence-electron chi connectivity index (χ0n) is 12.1. The highest BCUT2D eigenvalue weighted by atomic mass is 16.3. The minimum atomic E-state index is 0.303. The maximum Gasteiger partial charge on any atom is 0.119 e. The van der Waals surface area contributed by atoms with E-state index in [0.717, 1.165) is 22.5 Å². The Morgan fingerprint density at radius 2 is 1.27 bits per heavy atom. The molecule has 0 spiro atoms. The molecule has 0 radical (unpaired) electrons. The molecule has 3 aromatic carbocycles. The lowest BCUT2D eigenvalue weighted by molar-refractivity contribution is 0.469. The SMILES string of the molecule is Oc1ccccc1Cc1ccccc1N=Nc1ccccc1.